The van der Waals surface area contributed by atoms with Gasteiger partial charge in [0, 0.05) is 24.4 Å². The number of piperidine rings is 3. The normalized spacial score (nSPS) is 33.1. The zero-order valence-electron chi connectivity index (χ0n) is 13.7. The number of hydrogen-bond donors (Lipinski definition) is 1. The van der Waals surface area contributed by atoms with E-state index in [1.807, 2.05) is 25.1 Å². The highest BCUT2D eigenvalue weighted by atomic mass is 35.5. The number of rotatable bonds is 1. The first-order chi connectivity index (χ1) is 11.2. The fourth-order valence-electron chi connectivity index (χ4n) is 4.40. The number of fused-ring (bicyclic) bond motifs is 3. The zero-order valence-corrected chi connectivity index (χ0v) is 14.6. The lowest BCUT2D eigenvalue weighted by molar-refractivity contribution is -0.150. The second-order valence-electron chi connectivity index (χ2n) is 7.13. The SMILES string of the molecule is Cc1cc2ccc(N=C3C[C@@]4(CN5CCC4CC5)ON3)cc2o1.Cl. The fourth-order valence-corrected chi connectivity index (χ4v) is 4.40. The Kier molecular flexibility index (Phi) is 3.82. The van der Waals surface area contributed by atoms with Gasteiger partial charge in [-0.3, -0.25) is 10.3 Å². The minimum atomic E-state index is -0.0687. The number of halogens is 1. The Morgan fingerprint density at radius 2 is 2.08 bits per heavy atom. The molecule has 4 aliphatic rings. The summed E-state index contributed by atoms with van der Waals surface area (Å²) in [4.78, 5) is 13.3. The lowest BCUT2D eigenvalue weighted by Crippen LogP contribution is -2.59. The first kappa shape index (κ1) is 15.9. The van der Waals surface area contributed by atoms with Crippen molar-refractivity contribution < 1.29 is 9.25 Å². The number of aryl methyl sites for hydroxylation is 1. The van der Waals surface area contributed by atoms with Gasteiger partial charge < -0.3 is 9.32 Å². The van der Waals surface area contributed by atoms with Gasteiger partial charge in [0.15, 0.2) is 0 Å². The predicted molar refractivity (Wildman–Crippen MR) is 96.0 cm³/mol. The first-order valence-electron chi connectivity index (χ1n) is 8.44. The molecule has 2 aromatic rings. The first-order valence-corrected chi connectivity index (χ1v) is 8.44. The van der Waals surface area contributed by atoms with E-state index in [0.29, 0.717) is 5.92 Å². The second kappa shape index (κ2) is 5.76. The van der Waals surface area contributed by atoms with Crippen molar-refractivity contribution in [3.05, 3.63) is 30.0 Å². The van der Waals surface area contributed by atoms with E-state index < -0.39 is 0 Å². The summed E-state index contributed by atoms with van der Waals surface area (Å²) >= 11 is 0. The van der Waals surface area contributed by atoms with Gasteiger partial charge in [-0.05, 0) is 57.0 Å². The average Bonchev–Trinajstić information content (AvgIpc) is 3.11. The monoisotopic (exact) mass is 347 g/mol. The van der Waals surface area contributed by atoms with Crippen LogP contribution in [0.4, 0.5) is 5.69 Å². The van der Waals surface area contributed by atoms with Gasteiger partial charge in [0.25, 0.3) is 0 Å². The summed E-state index contributed by atoms with van der Waals surface area (Å²) < 4.78 is 5.70. The molecule has 6 rings (SSSR count). The van der Waals surface area contributed by atoms with Crippen LogP contribution in [0, 0.1) is 12.8 Å². The molecule has 0 radical (unpaired) electrons. The molecule has 1 aromatic heterocycles. The lowest BCUT2D eigenvalue weighted by Gasteiger charge is -2.49. The van der Waals surface area contributed by atoms with Crippen molar-refractivity contribution in [3.63, 3.8) is 0 Å². The average molecular weight is 348 g/mol. The van der Waals surface area contributed by atoms with Crippen LogP contribution in [-0.4, -0.2) is 36.0 Å². The van der Waals surface area contributed by atoms with Crippen molar-refractivity contribution >= 4 is 34.9 Å². The Labute approximate surface area is 147 Å². The number of aliphatic imine (C=N–C) groups is 1. The lowest BCUT2D eigenvalue weighted by atomic mass is 9.74. The minimum absolute atomic E-state index is 0. The number of hydroxylamine groups is 1. The number of hydrogen-bond acceptors (Lipinski definition) is 4. The second-order valence-corrected chi connectivity index (χ2v) is 7.13. The topological polar surface area (TPSA) is 50.0 Å². The van der Waals surface area contributed by atoms with Gasteiger partial charge in [0.2, 0.25) is 0 Å². The van der Waals surface area contributed by atoms with E-state index in [2.05, 4.69) is 16.4 Å². The van der Waals surface area contributed by atoms with Gasteiger partial charge in [-0.2, -0.15) is 0 Å². The van der Waals surface area contributed by atoms with E-state index in [1.165, 1.54) is 25.9 Å². The van der Waals surface area contributed by atoms with Crippen molar-refractivity contribution in [3.8, 4) is 0 Å². The standard InChI is InChI=1S/C18H21N3O2.ClH/c1-12-8-13-2-3-15(9-16(13)22-12)19-17-10-18(23-20-17)11-21-6-4-14(18)5-7-21;/h2-3,8-9,14H,4-7,10-11H2,1H3,(H,19,20);1H/t18-;/m0./s1. The quantitative estimate of drug-likeness (QED) is 0.856. The van der Waals surface area contributed by atoms with Crippen LogP contribution < -0.4 is 5.48 Å². The molecule has 0 amide bonds. The molecule has 6 heteroatoms. The summed E-state index contributed by atoms with van der Waals surface area (Å²) in [5, 5.41) is 1.12. The highest BCUT2D eigenvalue weighted by Crippen LogP contribution is 2.42. The van der Waals surface area contributed by atoms with Crippen molar-refractivity contribution in [2.24, 2.45) is 10.9 Å². The van der Waals surface area contributed by atoms with Gasteiger partial charge in [-0.15, -0.1) is 12.4 Å². The fraction of sp³-hybridized carbons (Fsp3) is 0.500. The molecule has 4 aliphatic heterocycles. The van der Waals surface area contributed by atoms with Crippen LogP contribution in [0.3, 0.4) is 0 Å². The Bertz CT molecular complexity index is 795. The highest BCUT2D eigenvalue weighted by Gasteiger charge is 2.52. The largest absolute Gasteiger partial charge is 0.461 e. The molecular weight excluding hydrogens is 326 g/mol. The molecule has 0 saturated carbocycles. The molecule has 1 atom stereocenters. The number of nitrogens with zero attached hydrogens (tertiary/aromatic N) is 2. The van der Waals surface area contributed by atoms with E-state index in [9.17, 15) is 0 Å². The molecule has 0 unspecified atom stereocenters. The smallest absolute Gasteiger partial charge is 0.136 e. The van der Waals surface area contributed by atoms with Crippen molar-refractivity contribution in [1.29, 1.82) is 0 Å². The summed E-state index contributed by atoms with van der Waals surface area (Å²) in [5.41, 5.74) is 4.83. The molecule has 5 nitrogen and oxygen atoms in total. The van der Waals surface area contributed by atoms with Crippen LogP contribution in [0.25, 0.3) is 11.0 Å². The summed E-state index contributed by atoms with van der Waals surface area (Å²) in [5.74, 6) is 2.52. The molecule has 4 fully saturated rings. The van der Waals surface area contributed by atoms with Gasteiger partial charge in [0.1, 0.15) is 22.8 Å². The third-order valence-corrected chi connectivity index (χ3v) is 5.55. The van der Waals surface area contributed by atoms with Gasteiger partial charge in [-0.25, -0.2) is 4.99 Å². The van der Waals surface area contributed by atoms with Crippen LogP contribution in [0.2, 0.25) is 0 Å². The summed E-state index contributed by atoms with van der Waals surface area (Å²) in [6.45, 7) is 5.43. The highest BCUT2D eigenvalue weighted by molar-refractivity contribution is 5.88. The molecule has 4 saturated heterocycles. The molecule has 5 heterocycles. The number of furan rings is 1. The summed E-state index contributed by atoms with van der Waals surface area (Å²) in [6.07, 6.45) is 3.36. The van der Waals surface area contributed by atoms with Crippen LogP contribution >= 0.6 is 12.4 Å². The third-order valence-electron chi connectivity index (χ3n) is 5.55. The molecule has 24 heavy (non-hydrogen) atoms. The van der Waals surface area contributed by atoms with Crippen molar-refractivity contribution in [2.45, 2.75) is 31.8 Å². The van der Waals surface area contributed by atoms with E-state index in [0.717, 1.165) is 41.2 Å². The van der Waals surface area contributed by atoms with E-state index in [4.69, 9.17) is 14.2 Å². The summed E-state index contributed by atoms with van der Waals surface area (Å²) in [7, 11) is 0. The van der Waals surface area contributed by atoms with Crippen LogP contribution in [0.15, 0.2) is 33.7 Å². The van der Waals surface area contributed by atoms with Crippen LogP contribution in [-0.2, 0) is 4.84 Å². The maximum atomic E-state index is 6.05. The Balaban J connectivity index is 0.00000146. The van der Waals surface area contributed by atoms with Gasteiger partial charge >= 0.3 is 0 Å². The van der Waals surface area contributed by atoms with E-state index in [-0.39, 0.29) is 18.0 Å². The van der Waals surface area contributed by atoms with E-state index in [1.54, 1.807) is 0 Å². The molecule has 2 bridgehead atoms. The van der Waals surface area contributed by atoms with Crippen LogP contribution in [0.5, 0.6) is 0 Å². The molecule has 1 N–H and O–H groups in total. The Morgan fingerprint density at radius 1 is 1.25 bits per heavy atom. The molecule has 0 aliphatic carbocycles. The summed E-state index contributed by atoms with van der Waals surface area (Å²) in [6, 6.07) is 8.14. The van der Waals surface area contributed by atoms with Gasteiger partial charge in [-0.1, -0.05) is 0 Å². The Morgan fingerprint density at radius 3 is 2.83 bits per heavy atom. The van der Waals surface area contributed by atoms with Crippen molar-refractivity contribution in [2.75, 3.05) is 19.6 Å². The van der Waals surface area contributed by atoms with Gasteiger partial charge in [0.05, 0.1) is 5.69 Å². The zero-order chi connectivity index (χ0) is 15.4. The van der Waals surface area contributed by atoms with Crippen LogP contribution in [0.1, 0.15) is 25.0 Å². The number of nitrogens with one attached hydrogen (secondary N) is 1. The number of amidine groups is 1. The maximum absolute atomic E-state index is 6.05. The third kappa shape index (κ3) is 2.51. The molecule has 128 valence electrons. The molecule has 1 spiro atoms. The van der Waals surface area contributed by atoms with Crippen molar-refractivity contribution in [1.82, 2.24) is 10.4 Å². The molecular formula is C18H22ClN3O2. The predicted octanol–water partition coefficient (Wildman–Crippen LogP) is 3.58. The maximum Gasteiger partial charge on any atom is 0.136 e. The number of benzene rings is 1. The minimum Gasteiger partial charge on any atom is -0.461 e. The molecule has 1 aromatic carbocycles. The van der Waals surface area contributed by atoms with E-state index >= 15 is 0 Å². The Hall–Kier alpha value is -1.56.